The zero-order valence-electron chi connectivity index (χ0n) is 11.2. The molecule has 0 spiro atoms. The SMILES string of the molecule is CC/C(C)=N/NC(=O)c1c(O)c2ccccc2[nH]c1=O. The molecule has 0 unspecified atom stereocenters. The Balaban J connectivity index is 2.49. The number of hydrogen-bond donors (Lipinski definition) is 3. The molecular formula is C14H15N3O3. The predicted molar refractivity (Wildman–Crippen MR) is 77.1 cm³/mol. The number of aromatic nitrogens is 1. The highest BCUT2D eigenvalue weighted by Crippen LogP contribution is 2.24. The van der Waals surface area contributed by atoms with Crippen LogP contribution in [0.1, 0.15) is 30.6 Å². The van der Waals surface area contributed by atoms with Crippen LogP contribution in [0.15, 0.2) is 34.2 Å². The topological polar surface area (TPSA) is 94.5 Å². The lowest BCUT2D eigenvalue weighted by Crippen LogP contribution is -2.27. The Bertz CT molecular complexity index is 747. The van der Waals surface area contributed by atoms with Crippen LogP contribution in [0.2, 0.25) is 0 Å². The van der Waals surface area contributed by atoms with E-state index in [0.717, 1.165) is 5.71 Å². The molecule has 1 aromatic heterocycles. The number of benzene rings is 1. The average Bonchev–Trinajstić information content (AvgIpc) is 2.44. The number of nitrogens with zero attached hydrogens (tertiary/aromatic N) is 1. The fraction of sp³-hybridized carbons (Fsp3) is 0.214. The van der Waals surface area contributed by atoms with Crippen LogP contribution in [-0.2, 0) is 0 Å². The van der Waals surface area contributed by atoms with Crippen molar-refractivity contribution in [1.82, 2.24) is 10.4 Å². The van der Waals surface area contributed by atoms with E-state index in [1.807, 2.05) is 6.92 Å². The number of amides is 1. The van der Waals surface area contributed by atoms with E-state index in [0.29, 0.717) is 17.3 Å². The fourth-order valence-electron chi connectivity index (χ4n) is 1.72. The second kappa shape index (κ2) is 5.56. The highest BCUT2D eigenvalue weighted by atomic mass is 16.3. The number of para-hydroxylation sites is 1. The number of aromatic amines is 1. The number of carbonyl (C=O) groups is 1. The summed E-state index contributed by atoms with van der Waals surface area (Å²) >= 11 is 0. The zero-order valence-corrected chi connectivity index (χ0v) is 11.2. The first-order chi connectivity index (χ1) is 9.54. The van der Waals surface area contributed by atoms with Gasteiger partial charge in [-0.15, -0.1) is 0 Å². The maximum absolute atomic E-state index is 12.0. The third kappa shape index (κ3) is 2.54. The quantitative estimate of drug-likeness (QED) is 0.587. The highest BCUT2D eigenvalue weighted by molar-refractivity contribution is 6.02. The van der Waals surface area contributed by atoms with Crippen molar-refractivity contribution in [2.24, 2.45) is 5.10 Å². The largest absolute Gasteiger partial charge is 0.506 e. The first kappa shape index (κ1) is 13.8. The summed E-state index contributed by atoms with van der Waals surface area (Å²) in [6, 6.07) is 6.71. The number of rotatable bonds is 3. The van der Waals surface area contributed by atoms with Crippen LogP contribution in [0, 0.1) is 0 Å². The molecule has 0 saturated heterocycles. The molecule has 1 amide bonds. The van der Waals surface area contributed by atoms with E-state index in [4.69, 9.17) is 0 Å². The van der Waals surface area contributed by atoms with Gasteiger partial charge in [0, 0.05) is 11.1 Å². The van der Waals surface area contributed by atoms with Gasteiger partial charge in [0.05, 0.1) is 5.52 Å². The number of hydrogen-bond acceptors (Lipinski definition) is 4. The van der Waals surface area contributed by atoms with Crippen LogP contribution in [0.4, 0.5) is 0 Å². The van der Waals surface area contributed by atoms with Crippen molar-refractivity contribution < 1.29 is 9.90 Å². The Morgan fingerprint density at radius 3 is 2.80 bits per heavy atom. The van der Waals surface area contributed by atoms with Gasteiger partial charge in [0.2, 0.25) is 0 Å². The van der Waals surface area contributed by atoms with Crippen molar-refractivity contribution in [3.63, 3.8) is 0 Å². The molecule has 6 nitrogen and oxygen atoms in total. The maximum Gasteiger partial charge on any atom is 0.280 e. The van der Waals surface area contributed by atoms with Gasteiger partial charge < -0.3 is 10.1 Å². The van der Waals surface area contributed by atoms with Crippen molar-refractivity contribution in [2.75, 3.05) is 0 Å². The summed E-state index contributed by atoms with van der Waals surface area (Å²) in [6.45, 7) is 3.65. The first-order valence-corrected chi connectivity index (χ1v) is 6.22. The molecule has 1 heterocycles. The molecule has 2 aromatic rings. The average molecular weight is 273 g/mol. The maximum atomic E-state index is 12.0. The lowest BCUT2D eigenvalue weighted by Gasteiger charge is -2.06. The highest BCUT2D eigenvalue weighted by Gasteiger charge is 2.18. The summed E-state index contributed by atoms with van der Waals surface area (Å²) in [4.78, 5) is 26.4. The summed E-state index contributed by atoms with van der Waals surface area (Å²) in [6.07, 6.45) is 0.681. The fourth-order valence-corrected chi connectivity index (χ4v) is 1.72. The van der Waals surface area contributed by atoms with Crippen molar-refractivity contribution in [2.45, 2.75) is 20.3 Å². The summed E-state index contributed by atoms with van der Waals surface area (Å²) < 4.78 is 0. The van der Waals surface area contributed by atoms with Gasteiger partial charge in [-0.2, -0.15) is 5.10 Å². The van der Waals surface area contributed by atoms with Crippen molar-refractivity contribution in [3.8, 4) is 5.75 Å². The Kier molecular flexibility index (Phi) is 3.84. The van der Waals surface area contributed by atoms with E-state index >= 15 is 0 Å². The zero-order chi connectivity index (χ0) is 14.7. The van der Waals surface area contributed by atoms with E-state index in [1.165, 1.54) is 0 Å². The van der Waals surface area contributed by atoms with Crippen molar-refractivity contribution in [1.29, 1.82) is 0 Å². The molecule has 3 N–H and O–H groups in total. The van der Waals surface area contributed by atoms with Gasteiger partial charge in [-0.25, -0.2) is 5.43 Å². The lowest BCUT2D eigenvalue weighted by molar-refractivity contribution is 0.0950. The molecule has 0 atom stereocenters. The number of fused-ring (bicyclic) bond motifs is 1. The monoisotopic (exact) mass is 273 g/mol. The minimum atomic E-state index is -0.734. The molecule has 0 aliphatic heterocycles. The van der Waals surface area contributed by atoms with Crippen molar-refractivity contribution >= 4 is 22.5 Å². The Labute approximate surface area is 115 Å². The molecule has 2 rings (SSSR count). The number of aromatic hydroxyl groups is 1. The van der Waals surface area contributed by atoms with Crippen molar-refractivity contribution in [3.05, 3.63) is 40.2 Å². The van der Waals surface area contributed by atoms with Crippen LogP contribution in [0.25, 0.3) is 10.9 Å². The van der Waals surface area contributed by atoms with Crippen LogP contribution < -0.4 is 11.0 Å². The normalized spacial score (nSPS) is 11.6. The van der Waals surface area contributed by atoms with Crippen LogP contribution in [0.5, 0.6) is 5.75 Å². The molecule has 0 fully saturated rings. The van der Waals surface area contributed by atoms with Gasteiger partial charge in [-0.1, -0.05) is 19.1 Å². The van der Waals surface area contributed by atoms with E-state index in [9.17, 15) is 14.7 Å². The van der Waals surface area contributed by atoms with E-state index in [2.05, 4.69) is 15.5 Å². The van der Waals surface area contributed by atoms with Gasteiger partial charge in [0.1, 0.15) is 11.3 Å². The number of carbonyl (C=O) groups excluding carboxylic acids is 1. The third-order valence-electron chi connectivity index (χ3n) is 2.98. The molecule has 20 heavy (non-hydrogen) atoms. The minimum Gasteiger partial charge on any atom is -0.506 e. The number of H-pyrrole nitrogens is 1. The number of pyridine rings is 1. The Hall–Kier alpha value is -2.63. The smallest absolute Gasteiger partial charge is 0.280 e. The molecule has 0 saturated carbocycles. The molecule has 0 aliphatic carbocycles. The first-order valence-electron chi connectivity index (χ1n) is 6.22. The molecular weight excluding hydrogens is 258 g/mol. The molecule has 0 radical (unpaired) electrons. The molecule has 104 valence electrons. The van der Waals surface area contributed by atoms with Crippen LogP contribution in [0.3, 0.4) is 0 Å². The van der Waals surface area contributed by atoms with E-state index in [-0.39, 0.29) is 11.3 Å². The van der Waals surface area contributed by atoms with E-state index in [1.54, 1.807) is 31.2 Å². The van der Waals surface area contributed by atoms with E-state index < -0.39 is 11.5 Å². The predicted octanol–water partition coefficient (Wildman–Crippen LogP) is 1.75. The second-order valence-electron chi connectivity index (χ2n) is 4.36. The number of hydrazone groups is 1. The van der Waals surface area contributed by atoms with Gasteiger partial charge in [-0.3, -0.25) is 9.59 Å². The summed E-state index contributed by atoms with van der Waals surface area (Å²) in [5.41, 5.74) is 2.47. The van der Waals surface area contributed by atoms with Crippen LogP contribution in [-0.4, -0.2) is 21.7 Å². The summed E-state index contributed by atoms with van der Waals surface area (Å²) in [5.74, 6) is -1.08. The minimum absolute atomic E-state index is 0.337. The van der Waals surface area contributed by atoms with Crippen LogP contribution >= 0.6 is 0 Å². The Morgan fingerprint density at radius 2 is 2.10 bits per heavy atom. The van der Waals surface area contributed by atoms with Gasteiger partial charge in [0.25, 0.3) is 11.5 Å². The molecule has 6 heteroatoms. The number of nitrogens with one attached hydrogen (secondary N) is 2. The third-order valence-corrected chi connectivity index (χ3v) is 2.98. The summed E-state index contributed by atoms with van der Waals surface area (Å²) in [7, 11) is 0. The standard InChI is InChI=1S/C14H15N3O3/c1-3-8(2)16-17-14(20)11-12(18)9-6-4-5-7-10(9)15-13(11)19/h4-7H,3H2,1-2H3,(H,17,20)(H2,15,18,19)/b16-8+. The van der Waals surface area contributed by atoms with Gasteiger partial charge in [-0.05, 0) is 25.5 Å². The lowest BCUT2D eigenvalue weighted by atomic mass is 10.1. The van der Waals surface area contributed by atoms with Gasteiger partial charge in [0.15, 0.2) is 0 Å². The second-order valence-corrected chi connectivity index (χ2v) is 4.36. The van der Waals surface area contributed by atoms with Gasteiger partial charge >= 0.3 is 0 Å². The molecule has 0 bridgehead atoms. The molecule has 0 aliphatic rings. The molecule has 1 aromatic carbocycles. The Morgan fingerprint density at radius 1 is 1.40 bits per heavy atom. The summed E-state index contributed by atoms with van der Waals surface area (Å²) in [5, 5.41) is 14.3.